The van der Waals surface area contributed by atoms with Crippen molar-refractivity contribution in [2.45, 2.75) is 12.8 Å². The predicted octanol–water partition coefficient (Wildman–Crippen LogP) is 1.77. The fourth-order valence-electron chi connectivity index (χ4n) is 2.48. The highest BCUT2D eigenvalue weighted by molar-refractivity contribution is 5.94. The van der Waals surface area contributed by atoms with E-state index in [9.17, 15) is 9.59 Å². The molecule has 0 aliphatic carbocycles. The first-order valence-electron chi connectivity index (χ1n) is 7.25. The molecule has 22 heavy (non-hydrogen) atoms. The Morgan fingerprint density at radius 1 is 1.32 bits per heavy atom. The molecule has 1 aliphatic rings. The topological polar surface area (TPSA) is 82.4 Å². The lowest BCUT2D eigenvalue weighted by molar-refractivity contribution is 0.0914. The number of carbonyl (C=O) groups excluding carboxylic acids is 2. The molecule has 0 saturated carbocycles. The van der Waals surface area contributed by atoms with E-state index >= 15 is 0 Å². The van der Waals surface area contributed by atoms with Gasteiger partial charge in [0.25, 0.3) is 5.91 Å². The lowest BCUT2D eigenvalue weighted by Gasteiger charge is -2.30. The molecular weight excluding hydrogens is 282 g/mol. The number of rotatable bonds is 3. The van der Waals surface area contributed by atoms with Crippen molar-refractivity contribution in [3.8, 4) is 6.07 Å². The van der Waals surface area contributed by atoms with Crippen molar-refractivity contribution in [1.82, 2.24) is 10.2 Å². The molecule has 2 amide bonds. The van der Waals surface area contributed by atoms with Crippen LogP contribution in [-0.2, 0) is 4.74 Å². The maximum Gasteiger partial charge on any atom is 0.409 e. The normalized spacial score (nSPS) is 15.0. The molecule has 1 aliphatic heterocycles. The number of amides is 2. The average Bonchev–Trinajstić information content (AvgIpc) is 2.59. The van der Waals surface area contributed by atoms with Crippen LogP contribution in [0, 0.1) is 17.2 Å². The van der Waals surface area contributed by atoms with E-state index in [2.05, 4.69) is 5.32 Å². The number of hydrogen-bond donors (Lipinski definition) is 1. The van der Waals surface area contributed by atoms with Gasteiger partial charge in [-0.25, -0.2) is 4.79 Å². The first-order valence-corrected chi connectivity index (χ1v) is 7.25. The summed E-state index contributed by atoms with van der Waals surface area (Å²) in [5.74, 6) is 0.225. The molecule has 0 radical (unpaired) electrons. The van der Waals surface area contributed by atoms with E-state index in [0.29, 0.717) is 36.7 Å². The molecule has 1 heterocycles. The van der Waals surface area contributed by atoms with E-state index in [1.807, 2.05) is 6.07 Å². The van der Waals surface area contributed by atoms with Crippen molar-refractivity contribution in [2.24, 2.45) is 5.92 Å². The first kappa shape index (κ1) is 15.8. The van der Waals surface area contributed by atoms with E-state index in [-0.39, 0.29) is 12.0 Å². The Balaban J connectivity index is 1.77. The van der Waals surface area contributed by atoms with Gasteiger partial charge in [0, 0.05) is 25.2 Å². The summed E-state index contributed by atoms with van der Waals surface area (Å²) in [6.07, 6.45) is 1.41. The summed E-state index contributed by atoms with van der Waals surface area (Å²) in [6, 6.07) is 8.57. The molecule has 1 saturated heterocycles. The standard InChI is InChI=1S/C16H19N3O3/c1-22-16(21)19-8-6-13(7-9-19)11-18-15(20)14-4-2-12(10-17)3-5-14/h2-5,13H,6-9,11H2,1H3,(H,18,20). The van der Waals surface area contributed by atoms with Crippen LogP contribution in [-0.4, -0.2) is 43.6 Å². The predicted molar refractivity (Wildman–Crippen MR) is 80.2 cm³/mol. The summed E-state index contributed by atoms with van der Waals surface area (Å²) < 4.78 is 4.69. The van der Waals surface area contributed by atoms with Gasteiger partial charge in [-0.05, 0) is 43.0 Å². The lowest BCUT2D eigenvalue weighted by atomic mass is 9.97. The Hall–Kier alpha value is -2.55. The Bertz CT molecular complexity index is 569. The van der Waals surface area contributed by atoms with E-state index in [1.165, 1.54) is 7.11 Å². The van der Waals surface area contributed by atoms with E-state index in [4.69, 9.17) is 10.00 Å². The monoisotopic (exact) mass is 301 g/mol. The molecule has 0 unspecified atom stereocenters. The highest BCUT2D eigenvalue weighted by atomic mass is 16.5. The van der Waals surface area contributed by atoms with Crippen LogP contribution in [0.2, 0.25) is 0 Å². The van der Waals surface area contributed by atoms with Gasteiger partial charge in [-0.2, -0.15) is 5.26 Å². The van der Waals surface area contributed by atoms with Crippen molar-refractivity contribution in [3.63, 3.8) is 0 Å². The Morgan fingerprint density at radius 2 is 1.95 bits per heavy atom. The highest BCUT2D eigenvalue weighted by Gasteiger charge is 2.23. The molecule has 2 rings (SSSR count). The number of nitriles is 1. The highest BCUT2D eigenvalue weighted by Crippen LogP contribution is 2.17. The molecule has 1 fully saturated rings. The van der Waals surface area contributed by atoms with Crippen LogP contribution >= 0.6 is 0 Å². The molecule has 6 nitrogen and oxygen atoms in total. The zero-order valence-electron chi connectivity index (χ0n) is 12.5. The van der Waals surface area contributed by atoms with Crippen LogP contribution < -0.4 is 5.32 Å². The SMILES string of the molecule is COC(=O)N1CCC(CNC(=O)c2ccc(C#N)cc2)CC1. The van der Waals surface area contributed by atoms with Crippen LogP contribution in [0.4, 0.5) is 4.79 Å². The van der Waals surface area contributed by atoms with Gasteiger partial charge in [0.05, 0.1) is 18.7 Å². The number of ether oxygens (including phenoxy) is 1. The van der Waals surface area contributed by atoms with E-state index in [0.717, 1.165) is 12.8 Å². The molecule has 6 heteroatoms. The maximum absolute atomic E-state index is 12.0. The second kappa shape index (κ2) is 7.46. The summed E-state index contributed by atoms with van der Waals surface area (Å²) in [5.41, 5.74) is 1.08. The first-order chi connectivity index (χ1) is 10.6. The van der Waals surface area contributed by atoms with Gasteiger partial charge < -0.3 is 15.0 Å². The van der Waals surface area contributed by atoms with E-state index in [1.54, 1.807) is 29.2 Å². The Kier molecular flexibility index (Phi) is 5.37. The average molecular weight is 301 g/mol. The number of hydrogen-bond acceptors (Lipinski definition) is 4. The fraction of sp³-hybridized carbons (Fsp3) is 0.438. The fourth-order valence-corrected chi connectivity index (χ4v) is 2.48. The summed E-state index contributed by atoms with van der Waals surface area (Å²) in [5, 5.41) is 11.6. The van der Waals surface area contributed by atoms with Crippen LogP contribution in [0.25, 0.3) is 0 Å². The molecule has 0 spiro atoms. The summed E-state index contributed by atoms with van der Waals surface area (Å²) >= 11 is 0. The lowest BCUT2D eigenvalue weighted by Crippen LogP contribution is -2.41. The molecule has 0 atom stereocenters. The van der Waals surface area contributed by atoms with Gasteiger partial charge in [-0.3, -0.25) is 4.79 Å². The van der Waals surface area contributed by atoms with Gasteiger partial charge in [-0.15, -0.1) is 0 Å². The molecule has 1 aromatic carbocycles. The number of likely N-dealkylation sites (tertiary alicyclic amines) is 1. The second-order valence-electron chi connectivity index (χ2n) is 5.30. The number of carbonyl (C=O) groups is 2. The molecule has 1 aromatic rings. The second-order valence-corrected chi connectivity index (χ2v) is 5.30. The molecule has 1 N–H and O–H groups in total. The maximum atomic E-state index is 12.0. The van der Waals surface area contributed by atoms with Gasteiger partial charge in [-0.1, -0.05) is 0 Å². The Labute approximate surface area is 129 Å². The largest absolute Gasteiger partial charge is 0.453 e. The third-order valence-electron chi connectivity index (χ3n) is 3.87. The summed E-state index contributed by atoms with van der Waals surface area (Å²) in [4.78, 5) is 25.1. The smallest absolute Gasteiger partial charge is 0.409 e. The van der Waals surface area contributed by atoms with Crippen LogP contribution in [0.1, 0.15) is 28.8 Å². The number of piperidine rings is 1. The van der Waals surface area contributed by atoms with Crippen molar-refractivity contribution < 1.29 is 14.3 Å². The minimum atomic E-state index is -0.292. The third-order valence-corrected chi connectivity index (χ3v) is 3.87. The molecule has 116 valence electrons. The molecule has 0 bridgehead atoms. The van der Waals surface area contributed by atoms with Crippen LogP contribution in [0.3, 0.4) is 0 Å². The van der Waals surface area contributed by atoms with Crippen LogP contribution in [0.15, 0.2) is 24.3 Å². The zero-order chi connectivity index (χ0) is 15.9. The van der Waals surface area contributed by atoms with Crippen molar-refractivity contribution in [1.29, 1.82) is 5.26 Å². The van der Waals surface area contributed by atoms with Gasteiger partial charge in [0.15, 0.2) is 0 Å². The van der Waals surface area contributed by atoms with Gasteiger partial charge >= 0.3 is 6.09 Å². The van der Waals surface area contributed by atoms with Gasteiger partial charge in [0.2, 0.25) is 0 Å². The number of benzene rings is 1. The molecular formula is C16H19N3O3. The van der Waals surface area contributed by atoms with Crippen molar-refractivity contribution in [2.75, 3.05) is 26.7 Å². The number of methoxy groups -OCH3 is 1. The summed E-state index contributed by atoms with van der Waals surface area (Å²) in [6.45, 7) is 1.90. The number of nitrogens with one attached hydrogen (secondary N) is 1. The quantitative estimate of drug-likeness (QED) is 0.922. The molecule has 0 aromatic heterocycles. The zero-order valence-corrected chi connectivity index (χ0v) is 12.5. The number of nitrogens with zero attached hydrogens (tertiary/aromatic N) is 2. The van der Waals surface area contributed by atoms with Crippen molar-refractivity contribution >= 4 is 12.0 Å². The Morgan fingerprint density at radius 3 is 2.50 bits per heavy atom. The summed E-state index contributed by atoms with van der Waals surface area (Å²) in [7, 11) is 1.38. The van der Waals surface area contributed by atoms with Crippen LogP contribution in [0.5, 0.6) is 0 Å². The minimum Gasteiger partial charge on any atom is -0.453 e. The van der Waals surface area contributed by atoms with Gasteiger partial charge in [0.1, 0.15) is 0 Å². The van der Waals surface area contributed by atoms with E-state index < -0.39 is 0 Å². The minimum absolute atomic E-state index is 0.139. The third kappa shape index (κ3) is 3.98. The van der Waals surface area contributed by atoms with Crippen molar-refractivity contribution in [3.05, 3.63) is 35.4 Å².